The van der Waals surface area contributed by atoms with E-state index in [2.05, 4.69) is 15.1 Å². The van der Waals surface area contributed by atoms with E-state index < -0.39 is 34.4 Å². The molecular formula is C16H26N4O7S. The summed E-state index contributed by atoms with van der Waals surface area (Å²) in [4.78, 5) is 32.2. The van der Waals surface area contributed by atoms with E-state index in [4.69, 9.17) is 9.39 Å². The number of carbonyl (C=O) groups is 2. The van der Waals surface area contributed by atoms with Crippen molar-refractivity contribution < 1.29 is 31.7 Å². The van der Waals surface area contributed by atoms with E-state index in [1.54, 1.807) is 0 Å². The maximum Gasteiger partial charge on any atom is 0.418 e. The summed E-state index contributed by atoms with van der Waals surface area (Å²) in [5.41, 5.74) is 2.60. The van der Waals surface area contributed by atoms with Gasteiger partial charge < -0.3 is 10.2 Å². The number of fused-ring (bicyclic) bond motifs is 2. The minimum Gasteiger partial charge on any atom is -0.316 e. The zero-order chi connectivity index (χ0) is 19.9. The molecule has 3 heterocycles. The van der Waals surface area contributed by atoms with E-state index in [9.17, 15) is 18.0 Å². The van der Waals surface area contributed by atoms with Gasteiger partial charge in [-0.3, -0.25) is 14.2 Å². The van der Waals surface area contributed by atoms with Gasteiger partial charge in [-0.2, -0.15) is 13.5 Å². The van der Waals surface area contributed by atoms with Crippen LogP contribution in [0.2, 0.25) is 0 Å². The maximum atomic E-state index is 12.7. The summed E-state index contributed by atoms with van der Waals surface area (Å²) in [7, 11) is -4.81. The molecule has 4 fully saturated rings. The first kappa shape index (κ1) is 19.8. The minimum absolute atomic E-state index is 0.0484. The molecule has 11 nitrogen and oxygen atoms in total. The topological polar surface area (TPSA) is 138 Å². The highest BCUT2D eigenvalue weighted by molar-refractivity contribution is 7.80. The van der Waals surface area contributed by atoms with Gasteiger partial charge in [-0.1, -0.05) is 12.8 Å². The first-order valence-corrected chi connectivity index (χ1v) is 11.1. The van der Waals surface area contributed by atoms with E-state index in [0.717, 1.165) is 45.2 Å². The number of nitrogens with zero attached hydrogens (tertiary/aromatic N) is 2. The van der Waals surface area contributed by atoms with Crippen molar-refractivity contribution in [3.63, 3.8) is 0 Å². The molecule has 4 rings (SSSR count). The summed E-state index contributed by atoms with van der Waals surface area (Å²) >= 11 is 0. The fourth-order valence-electron chi connectivity index (χ4n) is 5.05. The van der Waals surface area contributed by atoms with Crippen molar-refractivity contribution in [1.82, 2.24) is 20.8 Å². The average Bonchev–Trinajstić information content (AvgIpc) is 3.20. The Labute approximate surface area is 163 Å². The molecule has 0 aromatic rings. The number of hydrogen-bond donors (Lipinski definition) is 3. The molecule has 3 aliphatic heterocycles. The number of nitrogens with one attached hydrogen (secondary N) is 2. The molecule has 28 heavy (non-hydrogen) atoms. The van der Waals surface area contributed by atoms with E-state index >= 15 is 0 Å². The van der Waals surface area contributed by atoms with Crippen molar-refractivity contribution in [2.45, 2.75) is 63.1 Å². The zero-order valence-electron chi connectivity index (χ0n) is 15.5. The van der Waals surface area contributed by atoms with E-state index in [1.807, 2.05) is 0 Å². The normalized spacial score (nSPS) is 32.2. The van der Waals surface area contributed by atoms with Crippen LogP contribution in [0.25, 0.3) is 0 Å². The summed E-state index contributed by atoms with van der Waals surface area (Å²) < 4.78 is 35.1. The third kappa shape index (κ3) is 3.71. The van der Waals surface area contributed by atoms with Crippen molar-refractivity contribution in [3.05, 3.63) is 0 Å². The van der Waals surface area contributed by atoms with Crippen LogP contribution >= 0.6 is 0 Å². The van der Waals surface area contributed by atoms with Crippen LogP contribution in [-0.2, 0) is 24.3 Å². The standard InChI is InChI=1S/C16H26N4O7S/c21-14(18-26-13-5-8-17-10-16(13)6-1-2-7-16)12-4-3-11-9-19(12)15(22)20(11)27-28(23,24)25/h11-13,17H,1-10H2,(H,18,21)(H,23,24,25)/t11?,12-,13?/m0/s1. The number of urea groups is 1. The van der Waals surface area contributed by atoms with Crippen LogP contribution in [0.3, 0.4) is 0 Å². The highest BCUT2D eigenvalue weighted by Gasteiger charge is 2.50. The van der Waals surface area contributed by atoms with Crippen molar-refractivity contribution in [2.24, 2.45) is 5.41 Å². The quantitative estimate of drug-likeness (QED) is 0.418. The molecule has 0 aromatic heterocycles. The van der Waals surface area contributed by atoms with Crippen LogP contribution < -0.4 is 10.8 Å². The Kier molecular flexibility index (Phi) is 5.25. The first-order valence-electron chi connectivity index (χ1n) is 9.72. The van der Waals surface area contributed by atoms with E-state index in [1.165, 1.54) is 4.90 Å². The van der Waals surface area contributed by atoms with Gasteiger partial charge in [0.15, 0.2) is 0 Å². The highest BCUT2D eigenvalue weighted by atomic mass is 32.3. The Bertz CT molecular complexity index is 739. The fraction of sp³-hybridized carbons (Fsp3) is 0.875. The molecule has 0 radical (unpaired) electrons. The number of rotatable bonds is 5. The summed E-state index contributed by atoms with van der Waals surface area (Å²) in [6, 6.07) is -2.04. The van der Waals surface area contributed by atoms with Gasteiger partial charge in [0.1, 0.15) is 6.04 Å². The van der Waals surface area contributed by atoms with Crippen LogP contribution in [0.1, 0.15) is 44.9 Å². The molecule has 0 aromatic carbocycles. The molecule has 158 valence electrons. The lowest BCUT2D eigenvalue weighted by molar-refractivity contribution is -0.155. The van der Waals surface area contributed by atoms with Gasteiger partial charge in [0.2, 0.25) is 0 Å². The highest BCUT2D eigenvalue weighted by Crippen LogP contribution is 2.44. The van der Waals surface area contributed by atoms with Gasteiger partial charge >= 0.3 is 16.4 Å². The van der Waals surface area contributed by atoms with Crippen LogP contribution in [0.15, 0.2) is 0 Å². The SMILES string of the molecule is O=C(NOC1CCNCC12CCCC2)[C@@H]1CCC2CN1C(=O)N2OS(=O)(=O)O. The molecular weight excluding hydrogens is 392 g/mol. The number of amides is 3. The number of piperidine rings is 2. The first-order chi connectivity index (χ1) is 13.3. The third-order valence-electron chi connectivity index (χ3n) is 6.44. The van der Waals surface area contributed by atoms with Crippen molar-refractivity contribution in [3.8, 4) is 0 Å². The predicted octanol–water partition coefficient (Wildman–Crippen LogP) is -0.0405. The summed E-state index contributed by atoms with van der Waals surface area (Å²) in [5.74, 6) is -0.424. The second kappa shape index (κ2) is 7.41. The number of carbonyl (C=O) groups excluding carboxylic acids is 2. The molecule has 12 heteroatoms. The van der Waals surface area contributed by atoms with Crippen LogP contribution in [0.5, 0.6) is 0 Å². The molecule has 4 aliphatic rings. The van der Waals surface area contributed by atoms with Gasteiger partial charge in [-0.05, 0) is 38.6 Å². The van der Waals surface area contributed by atoms with Crippen molar-refractivity contribution in [1.29, 1.82) is 0 Å². The van der Waals surface area contributed by atoms with Gasteiger partial charge in [0, 0.05) is 18.5 Å². The average molecular weight is 418 g/mol. The molecule has 1 spiro atoms. The minimum atomic E-state index is -4.81. The maximum absolute atomic E-state index is 12.7. The summed E-state index contributed by atoms with van der Waals surface area (Å²) in [6.07, 6.45) is 5.94. The van der Waals surface area contributed by atoms with Crippen LogP contribution in [-0.4, -0.2) is 72.7 Å². The van der Waals surface area contributed by atoms with E-state index in [0.29, 0.717) is 17.9 Å². The van der Waals surface area contributed by atoms with Gasteiger partial charge in [-0.25, -0.2) is 10.3 Å². The Morgan fingerprint density at radius 1 is 1.25 bits per heavy atom. The van der Waals surface area contributed by atoms with E-state index in [-0.39, 0.29) is 18.1 Å². The molecule has 3 N–H and O–H groups in total. The Morgan fingerprint density at radius 2 is 2.00 bits per heavy atom. The Hall–Kier alpha value is -1.47. The molecule has 2 unspecified atom stereocenters. The Morgan fingerprint density at radius 3 is 2.71 bits per heavy atom. The molecule has 3 atom stereocenters. The summed E-state index contributed by atoms with van der Waals surface area (Å²) in [5, 5.41) is 4.04. The smallest absolute Gasteiger partial charge is 0.316 e. The molecule has 2 bridgehead atoms. The van der Waals surface area contributed by atoms with Gasteiger partial charge in [0.25, 0.3) is 5.91 Å². The molecule has 1 saturated carbocycles. The number of hydroxylamine groups is 3. The second-order valence-electron chi connectivity index (χ2n) is 8.12. The lowest BCUT2D eigenvalue weighted by Crippen LogP contribution is -2.54. The fourth-order valence-corrected chi connectivity index (χ4v) is 5.44. The summed E-state index contributed by atoms with van der Waals surface area (Å²) in [6.45, 7) is 1.87. The Balaban J connectivity index is 1.37. The van der Waals surface area contributed by atoms with Gasteiger partial charge in [0.05, 0.1) is 12.1 Å². The molecule has 3 amide bonds. The van der Waals surface area contributed by atoms with Crippen LogP contribution in [0.4, 0.5) is 4.79 Å². The molecule has 3 saturated heterocycles. The molecule has 1 aliphatic carbocycles. The van der Waals surface area contributed by atoms with Crippen molar-refractivity contribution >= 4 is 22.3 Å². The lowest BCUT2D eigenvalue weighted by atomic mass is 9.77. The monoisotopic (exact) mass is 418 g/mol. The lowest BCUT2D eigenvalue weighted by Gasteiger charge is -2.41. The second-order valence-corrected chi connectivity index (χ2v) is 9.12. The van der Waals surface area contributed by atoms with Crippen LogP contribution in [0, 0.1) is 5.41 Å². The predicted molar refractivity (Wildman–Crippen MR) is 94.8 cm³/mol. The van der Waals surface area contributed by atoms with Crippen molar-refractivity contribution in [2.75, 3.05) is 19.6 Å². The zero-order valence-corrected chi connectivity index (χ0v) is 16.3. The largest absolute Gasteiger partial charge is 0.418 e. The third-order valence-corrected chi connectivity index (χ3v) is 6.79. The van der Waals surface area contributed by atoms with Gasteiger partial charge in [-0.15, -0.1) is 4.28 Å². The number of hydrogen-bond acceptors (Lipinski definition) is 7.